The van der Waals surface area contributed by atoms with E-state index in [-0.39, 0.29) is 24.0 Å². The number of aromatic hydroxyl groups is 1. The first-order chi connectivity index (χ1) is 14.7. The van der Waals surface area contributed by atoms with Gasteiger partial charge in [-0.15, -0.1) is 0 Å². The largest absolute Gasteiger partial charge is 0.505 e. The third-order valence-corrected chi connectivity index (χ3v) is 5.07. The molecule has 1 amide bonds. The van der Waals surface area contributed by atoms with Crippen LogP contribution < -0.4 is 5.32 Å². The van der Waals surface area contributed by atoms with Gasteiger partial charge in [0.1, 0.15) is 5.69 Å². The minimum absolute atomic E-state index is 0.0712. The molecule has 0 fully saturated rings. The fraction of sp³-hybridized carbons (Fsp3) is 0.120. The van der Waals surface area contributed by atoms with Crippen LogP contribution >= 0.6 is 0 Å². The molecule has 0 aliphatic heterocycles. The zero-order valence-corrected chi connectivity index (χ0v) is 16.3. The number of nitrogens with one attached hydrogen (secondary N) is 1. The number of fused-ring (bicyclic) bond motifs is 1. The van der Waals surface area contributed by atoms with E-state index < -0.39 is 5.91 Å². The second-order valence-electron chi connectivity index (χ2n) is 7.02. The van der Waals surface area contributed by atoms with E-state index in [0.29, 0.717) is 23.0 Å². The lowest BCUT2D eigenvalue weighted by atomic mass is 10.00. The molecule has 0 saturated heterocycles. The van der Waals surface area contributed by atoms with Crippen molar-refractivity contribution in [3.8, 4) is 17.0 Å². The van der Waals surface area contributed by atoms with E-state index >= 15 is 0 Å². The molecule has 5 nitrogen and oxygen atoms in total. The van der Waals surface area contributed by atoms with Crippen molar-refractivity contribution in [2.45, 2.75) is 12.5 Å². The summed E-state index contributed by atoms with van der Waals surface area (Å²) in [5.74, 6) is -0.571. The normalized spacial score (nSPS) is 11.9. The van der Waals surface area contributed by atoms with Crippen LogP contribution in [0.3, 0.4) is 0 Å². The Bertz CT molecular complexity index is 1160. The number of aromatic nitrogens is 1. The monoisotopic (exact) mass is 398 g/mol. The number of rotatable bonds is 6. The number of hydrogen-bond donors (Lipinski definition) is 3. The molecule has 0 radical (unpaired) electrons. The van der Waals surface area contributed by atoms with Gasteiger partial charge in [-0.2, -0.15) is 0 Å². The van der Waals surface area contributed by atoms with Crippen molar-refractivity contribution in [1.82, 2.24) is 10.3 Å². The Morgan fingerprint density at radius 3 is 2.23 bits per heavy atom. The number of hydrogen-bond acceptors (Lipinski definition) is 4. The van der Waals surface area contributed by atoms with Gasteiger partial charge in [-0.3, -0.25) is 4.79 Å². The van der Waals surface area contributed by atoms with Gasteiger partial charge in [0.15, 0.2) is 5.75 Å². The lowest BCUT2D eigenvalue weighted by Gasteiger charge is -2.20. The summed E-state index contributed by atoms with van der Waals surface area (Å²) in [4.78, 5) is 17.9. The van der Waals surface area contributed by atoms with Crippen molar-refractivity contribution < 1.29 is 15.0 Å². The maximum atomic E-state index is 13.3. The SMILES string of the molecule is O=C(NC(CCO)c1ccccc1)c1c(O)c(-c2ccccc2)nc2ccccc12. The van der Waals surface area contributed by atoms with E-state index in [0.717, 1.165) is 11.1 Å². The Kier molecular flexibility index (Phi) is 5.72. The Balaban J connectivity index is 1.81. The first-order valence-electron chi connectivity index (χ1n) is 9.83. The average molecular weight is 398 g/mol. The molecular formula is C25H22N2O3. The van der Waals surface area contributed by atoms with Gasteiger partial charge in [0.2, 0.25) is 0 Å². The number of aliphatic hydroxyl groups excluding tert-OH is 1. The number of benzene rings is 3. The Labute approximate surface area is 174 Å². The van der Waals surface area contributed by atoms with Gasteiger partial charge in [-0.05, 0) is 18.1 Å². The van der Waals surface area contributed by atoms with Crippen LogP contribution in [0.1, 0.15) is 28.4 Å². The number of carbonyl (C=O) groups is 1. The first-order valence-corrected chi connectivity index (χ1v) is 9.83. The van der Waals surface area contributed by atoms with Gasteiger partial charge in [0.25, 0.3) is 5.91 Å². The van der Waals surface area contributed by atoms with Gasteiger partial charge < -0.3 is 15.5 Å². The molecule has 0 bridgehead atoms. The molecule has 1 aromatic heterocycles. The third-order valence-electron chi connectivity index (χ3n) is 5.07. The summed E-state index contributed by atoms with van der Waals surface area (Å²) in [6, 6.07) is 25.6. The lowest BCUT2D eigenvalue weighted by Crippen LogP contribution is -2.29. The van der Waals surface area contributed by atoms with E-state index in [1.807, 2.05) is 78.9 Å². The van der Waals surface area contributed by atoms with Gasteiger partial charge in [-0.1, -0.05) is 78.9 Å². The minimum Gasteiger partial charge on any atom is -0.505 e. The number of para-hydroxylation sites is 1. The minimum atomic E-state index is -0.411. The number of pyridine rings is 1. The zero-order valence-electron chi connectivity index (χ0n) is 16.3. The molecule has 0 spiro atoms. The van der Waals surface area contributed by atoms with Crippen molar-refractivity contribution >= 4 is 16.8 Å². The van der Waals surface area contributed by atoms with Crippen molar-refractivity contribution in [1.29, 1.82) is 0 Å². The second kappa shape index (κ2) is 8.76. The van der Waals surface area contributed by atoms with E-state index in [2.05, 4.69) is 10.3 Å². The second-order valence-corrected chi connectivity index (χ2v) is 7.02. The van der Waals surface area contributed by atoms with Crippen LogP contribution in [0.4, 0.5) is 0 Å². The highest BCUT2D eigenvalue weighted by Gasteiger charge is 2.23. The Hall–Kier alpha value is -3.70. The number of amides is 1. The summed E-state index contributed by atoms with van der Waals surface area (Å²) in [6.07, 6.45) is 0.366. The van der Waals surface area contributed by atoms with Crippen LogP contribution in [0, 0.1) is 0 Å². The zero-order chi connectivity index (χ0) is 20.9. The topological polar surface area (TPSA) is 82.5 Å². The van der Waals surface area contributed by atoms with Crippen LogP contribution in [0.15, 0.2) is 84.9 Å². The number of carbonyl (C=O) groups excluding carboxylic acids is 1. The van der Waals surface area contributed by atoms with Gasteiger partial charge in [-0.25, -0.2) is 4.98 Å². The molecule has 4 rings (SSSR count). The van der Waals surface area contributed by atoms with Gasteiger partial charge >= 0.3 is 0 Å². The van der Waals surface area contributed by atoms with Crippen molar-refractivity contribution in [3.63, 3.8) is 0 Å². The van der Waals surface area contributed by atoms with Crippen LogP contribution in [-0.2, 0) is 0 Å². The summed E-state index contributed by atoms with van der Waals surface area (Å²) in [6.45, 7) is -0.0712. The summed E-state index contributed by atoms with van der Waals surface area (Å²) < 4.78 is 0. The highest BCUT2D eigenvalue weighted by atomic mass is 16.3. The molecule has 0 aliphatic carbocycles. The van der Waals surface area contributed by atoms with Crippen LogP contribution in [0.2, 0.25) is 0 Å². The Morgan fingerprint density at radius 2 is 1.53 bits per heavy atom. The summed E-state index contributed by atoms with van der Waals surface area (Å²) >= 11 is 0. The smallest absolute Gasteiger partial charge is 0.256 e. The van der Waals surface area contributed by atoms with E-state index in [1.54, 1.807) is 6.07 Å². The third kappa shape index (κ3) is 3.88. The van der Waals surface area contributed by atoms with Gasteiger partial charge in [0.05, 0.1) is 17.1 Å². The van der Waals surface area contributed by atoms with Crippen LogP contribution in [0.25, 0.3) is 22.2 Å². The van der Waals surface area contributed by atoms with E-state index in [9.17, 15) is 15.0 Å². The van der Waals surface area contributed by atoms with Crippen LogP contribution in [-0.4, -0.2) is 27.7 Å². The standard InChI is InChI=1S/C25H22N2O3/c28-16-15-20(17-9-3-1-4-10-17)27-25(30)22-19-13-7-8-14-21(19)26-23(24(22)29)18-11-5-2-6-12-18/h1-14,20,28-29H,15-16H2,(H,27,30). The molecular weight excluding hydrogens is 376 g/mol. The average Bonchev–Trinajstić information content (AvgIpc) is 2.79. The number of nitrogens with zero attached hydrogens (tertiary/aromatic N) is 1. The Morgan fingerprint density at radius 1 is 0.900 bits per heavy atom. The molecule has 0 aliphatic rings. The molecule has 3 aromatic carbocycles. The fourth-order valence-electron chi connectivity index (χ4n) is 3.60. The molecule has 4 aromatic rings. The molecule has 3 N–H and O–H groups in total. The summed E-state index contributed by atoms with van der Waals surface area (Å²) in [5, 5.41) is 24.1. The predicted octanol–water partition coefficient (Wildman–Crippen LogP) is 4.46. The molecule has 1 unspecified atom stereocenters. The molecule has 0 saturated carbocycles. The van der Waals surface area contributed by atoms with Crippen molar-refractivity contribution in [2.24, 2.45) is 0 Å². The molecule has 1 atom stereocenters. The van der Waals surface area contributed by atoms with Crippen molar-refractivity contribution in [2.75, 3.05) is 6.61 Å². The van der Waals surface area contributed by atoms with Gasteiger partial charge in [0, 0.05) is 17.6 Å². The highest BCUT2D eigenvalue weighted by molar-refractivity contribution is 6.10. The number of aliphatic hydroxyl groups is 1. The van der Waals surface area contributed by atoms with Crippen molar-refractivity contribution in [3.05, 3.63) is 96.1 Å². The quantitative estimate of drug-likeness (QED) is 0.448. The highest BCUT2D eigenvalue weighted by Crippen LogP contribution is 2.35. The maximum absolute atomic E-state index is 13.3. The molecule has 30 heavy (non-hydrogen) atoms. The maximum Gasteiger partial charge on any atom is 0.256 e. The van der Waals surface area contributed by atoms with E-state index in [4.69, 9.17) is 0 Å². The molecule has 1 heterocycles. The summed E-state index contributed by atoms with van der Waals surface area (Å²) in [5.41, 5.74) is 2.78. The predicted molar refractivity (Wildman–Crippen MR) is 117 cm³/mol. The molecule has 150 valence electrons. The summed E-state index contributed by atoms with van der Waals surface area (Å²) in [7, 11) is 0. The van der Waals surface area contributed by atoms with E-state index in [1.165, 1.54) is 0 Å². The fourth-order valence-corrected chi connectivity index (χ4v) is 3.60. The van der Waals surface area contributed by atoms with Crippen LogP contribution in [0.5, 0.6) is 5.75 Å². The lowest BCUT2D eigenvalue weighted by molar-refractivity contribution is 0.0929. The molecule has 5 heteroatoms. The first kappa shape index (κ1) is 19.6.